The quantitative estimate of drug-likeness (QED) is 0.714. The highest BCUT2D eigenvalue weighted by Gasteiger charge is 2.35. The number of hydrogen-bond donors (Lipinski definition) is 2. The van der Waals surface area contributed by atoms with Crippen LogP contribution in [0.15, 0.2) is 42.0 Å². The molecule has 2 fully saturated rings. The summed E-state index contributed by atoms with van der Waals surface area (Å²) in [5, 5.41) is 13.1. The van der Waals surface area contributed by atoms with Crippen molar-refractivity contribution in [2.45, 2.75) is 37.8 Å². The van der Waals surface area contributed by atoms with Gasteiger partial charge in [-0.1, -0.05) is 17.7 Å². The van der Waals surface area contributed by atoms with Crippen LogP contribution in [0.2, 0.25) is 0 Å². The van der Waals surface area contributed by atoms with Gasteiger partial charge >= 0.3 is 5.97 Å². The number of rotatable bonds is 2. The minimum Gasteiger partial charge on any atom is -0.493 e. The zero-order valence-electron chi connectivity index (χ0n) is 15.1. The molecule has 0 radical (unpaired) electrons. The Labute approximate surface area is 157 Å². The molecule has 138 valence electrons. The van der Waals surface area contributed by atoms with Gasteiger partial charge in [-0.05, 0) is 55.5 Å². The Morgan fingerprint density at radius 1 is 1.15 bits per heavy atom. The van der Waals surface area contributed by atoms with Crippen LogP contribution < -0.4 is 14.8 Å². The molecule has 2 aromatic carbocycles. The Hall–Kier alpha value is -2.79. The highest BCUT2D eigenvalue weighted by Crippen LogP contribution is 2.51. The van der Waals surface area contributed by atoms with E-state index in [-0.39, 0.29) is 5.56 Å². The number of methoxy groups -OCH3 is 1. The smallest absolute Gasteiger partial charge is 0.335 e. The lowest BCUT2D eigenvalue weighted by Crippen LogP contribution is -2.35. The van der Waals surface area contributed by atoms with Crippen molar-refractivity contribution in [1.82, 2.24) is 5.32 Å². The maximum Gasteiger partial charge on any atom is 0.335 e. The van der Waals surface area contributed by atoms with Gasteiger partial charge in [0.1, 0.15) is 5.75 Å². The van der Waals surface area contributed by atoms with Crippen molar-refractivity contribution in [3.63, 3.8) is 0 Å². The van der Waals surface area contributed by atoms with Gasteiger partial charge in [0, 0.05) is 23.2 Å². The number of carboxylic acids is 1. The molecule has 2 N–H and O–H groups in total. The maximum atomic E-state index is 11.4. The average Bonchev–Trinajstić information content (AvgIpc) is 3.02. The molecule has 0 spiro atoms. The topological polar surface area (TPSA) is 67.8 Å². The zero-order chi connectivity index (χ0) is 18.5. The van der Waals surface area contributed by atoms with Gasteiger partial charge in [0.15, 0.2) is 11.5 Å². The van der Waals surface area contributed by atoms with Crippen molar-refractivity contribution in [1.29, 1.82) is 0 Å². The molecule has 27 heavy (non-hydrogen) atoms. The van der Waals surface area contributed by atoms with Gasteiger partial charge in [0.2, 0.25) is 0 Å². The summed E-state index contributed by atoms with van der Waals surface area (Å²) < 4.78 is 11.7. The van der Waals surface area contributed by atoms with Crippen LogP contribution in [0.25, 0.3) is 5.57 Å². The summed E-state index contributed by atoms with van der Waals surface area (Å²) in [7, 11) is 1.62. The average molecular weight is 363 g/mol. The molecule has 2 aromatic rings. The van der Waals surface area contributed by atoms with Gasteiger partial charge in [0.05, 0.1) is 12.7 Å². The fourth-order valence-corrected chi connectivity index (χ4v) is 4.67. The molecule has 2 atom stereocenters. The standard InChI is InChI=1S/C22H21NO4/c1-26-18-4-2-3-17-20(13-9-14-6-7-15(10-13)23-14)16-8-5-12(22(24)25)11-19(16)27-21(17)18/h2-5,8,11,14-15,23H,6-7,9-10H2,1H3,(H,24,25). The van der Waals surface area contributed by atoms with Gasteiger partial charge in [-0.3, -0.25) is 0 Å². The third kappa shape index (κ3) is 2.61. The van der Waals surface area contributed by atoms with Crippen molar-refractivity contribution in [2.24, 2.45) is 0 Å². The monoisotopic (exact) mass is 363 g/mol. The highest BCUT2D eigenvalue weighted by atomic mass is 16.5. The fraction of sp³-hybridized carbons (Fsp3) is 0.318. The number of aromatic carboxylic acids is 1. The molecule has 5 heteroatoms. The number of piperidine rings is 1. The third-order valence-electron chi connectivity index (χ3n) is 5.85. The lowest BCUT2D eigenvalue weighted by molar-refractivity contribution is 0.0696. The molecule has 3 aliphatic rings. The van der Waals surface area contributed by atoms with E-state index in [1.807, 2.05) is 18.2 Å². The second-order valence-electron chi connectivity index (χ2n) is 7.48. The first-order valence-corrected chi connectivity index (χ1v) is 9.35. The molecule has 3 heterocycles. The van der Waals surface area contributed by atoms with E-state index >= 15 is 0 Å². The Morgan fingerprint density at radius 3 is 2.63 bits per heavy atom. The number of benzene rings is 2. The molecule has 3 aliphatic heterocycles. The number of carbonyl (C=O) groups is 1. The van der Waals surface area contributed by atoms with Gasteiger partial charge in [-0.2, -0.15) is 0 Å². The number of hydrogen-bond acceptors (Lipinski definition) is 4. The van der Waals surface area contributed by atoms with E-state index in [9.17, 15) is 9.90 Å². The van der Waals surface area contributed by atoms with Gasteiger partial charge in [-0.15, -0.1) is 0 Å². The third-order valence-corrected chi connectivity index (χ3v) is 5.85. The number of carboxylic acid groups (broad SMARTS) is 1. The van der Waals surface area contributed by atoms with Gasteiger partial charge in [-0.25, -0.2) is 4.79 Å². The predicted octanol–water partition coefficient (Wildman–Crippen LogP) is 4.22. The molecular formula is C22H21NO4. The van der Waals surface area contributed by atoms with Crippen LogP contribution >= 0.6 is 0 Å². The van der Waals surface area contributed by atoms with Gasteiger partial charge in [0.25, 0.3) is 0 Å². The summed E-state index contributed by atoms with van der Waals surface area (Å²) in [6.07, 6.45) is 4.46. The Balaban J connectivity index is 1.74. The molecule has 5 rings (SSSR count). The van der Waals surface area contributed by atoms with Crippen molar-refractivity contribution in [3.8, 4) is 17.2 Å². The molecule has 0 saturated carbocycles. The molecule has 0 aromatic heterocycles. The van der Waals surface area contributed by atoms with Crippen LogP contribution in [-0.4, -0.2) is 30.3 Å². The predicted molar refractivity (Wildman–Crippen MR) is 102 cm³/mol. The van der Waals surface area contributed by atoms with Crippen molar-refractivity contribution in [2.75, 3.05) is 7.11 Å². The lowest BCUT2D eigenvalue weighted by Gasteiger charge is -2.31. The van der Waals surface area contributed by atoms with Crippen molar-refractivity contribution in [3.05, 3.63) is 58.7 Å². The normalized spacial score (nSPS) is 22.7. The van der Waals surface area contributed by atoms with Gasteiger partial charge < -0.3 is 19.9 Å². The molecule has 2 bridgehead atoms. The maximum absolute atomic E-state index is 11.4. The number of fused-ring (bicyclic) bond motifs is 4. The second-order valence-corrected chi connectivity index (χ2v) is 7.48. The molecule has 2 saturated heterocycles. The summed E-state index contributed by atoms with van der Waals surface area (Å²) in [4.78, 5) is 11.4. The fourth-order valence-electron chi connectivity index (χ4n) is 4.67. The van der Waals surface area contributed by atoms with E-state index in [0.29, 0.717) is 29.3 Å². The zero-order valence-corrected chi connectivity index (χ0v) is 15.1. The number of para-hydroxylation sites is 1. The Kier molecular flexibility index (Phi) is 3.72. The van der Waals surface area contributed by atoms with Crippen LogP contribution in [-0.2, 0) is 0 Å². The van der Waals surface area contributed by atoms with E-state index in [0.717, 1.165) is 24.0 Å². The minimum absolute atomic E-state index is 0.224. The SMILES string of the molecule is COc1cccc2c1Oc1cc(C(=O)O)ccc1C2=C1CC2CCC(C1)N2. The van der Waals surface area contributed by atoms with E-state index < -0.39 is 5.97 Å². The molecule has 0 amide bonds. The van der Waals surface area contributed by atoms with Crippen LogP contribution in [0, 0.1) is 0 Å². The van der Waals surface area contributed by atoms with E-state index in [1.165, 1.54) is 24.0 Å². The first-order valence-electron chi connectivity index (χ1n) is 9.35. The number of ether oxygens (including phenoxy) is 2. The summed E-state index contributed by atoms with van der Waals surface area (Å²) in [6.45, 7) is 0. The summed E-state index contributed by atoms with van der Waals surface area (Å²) in [5.74, 6) is 0.957. The van der Waals surface area contributed by atoms with Crippen molar-refractivity contribution >= 4 is 11.5 Å². The van der Waals surface area contributed by atoms with E-state index in [1.54, 1.807) is 19.2 Å². The highest BCUT2D eigenvalue weighted by molar-refractivity contribution is 5.94. The summed E-state index contributed by atoms with van der Waals surface area (Å²) in [5.41, 5.74) is 4.82. The van der Waals surface area contributed by atoms with Crippen LogP contribution in [0.1, 0.15) is 47.2 Å². The van der Waals surface area contributed by atoms with Crippen LogP contribution in [0.3, 0.4) is 0 Å². The summed E-state index contributed by atoms with van der Waals surface area (Å²) in [6, 6.07) is 12.1. The van der Waals surface area contributed by atoms with E-state index in [4.69, 9.17) is 9.47 Å². The van der Waals surface area contributed by atoms with Crippen LogP contribution in [0.5, 0.6) is 17.2 Å². The van der Waals surface area contributed by atoms with E-state index in [2.05, 4.69) is 11.4 Å². The lowest BCUT2D eigenvalue weighted by atomic mass is 9.84. The second kappa shape index (κ2) is 6.13. The Bertz CT molecular complexity index is 964. The minimum atomic E-state index is -0.957. The largest absolute Gasteiger partial charge is 0.493 e. The van der Waals surface area contributed by atoms with Crippen molar-refractivity contribution < 1.29 is 19.4 Å². The summed E-state index contributed by atoms with van der Waals surface area (Å²) >= 11 is 0. The Morgan fingerprint density at radius 2 is 1.93 bits per heavy atom. The first-order chi connectivity index (χ1) is 13.1. The molecule has 5 nitrogen and oxygen atoms in total. The molecule has 2 unspecified atom stereocenters. The molecular weight excluding hydrogens is 342 g/mol. The first kappa shape index (κ1) is 16.4. The number of nitrogens with one attached hydrogen (secondary N) is 1. The molecule has 0 aliphatic carbocycles. The van der Waals surface area contributed by atoms with Crippen LogP contribution in [0.4, 0.5) is 0 Å².